The molecule has 2 aromatic carbocycles. The highest BCUT2D eigenvalue weighted by atomic mass is 35.5. The molecule has 0 unspecified atom stereocenters. The van der Waals surface area contributed by atoms with Crippen LogP contribution < -0.4 is 9.47 Å². The van der Waals surface area contributed by atoms with Gasteiger partial charge in [-0.15, -0.1) is 0 Å². The lowest BCUT2D eigenvalue weighted by Crippen LogP contribution is -2.32. The van der Waals surface area contributed by atoms with Crippen molar-refractivity contribution in [1.29, 1.82) is 0 Å². The van der Waals surface area contributed by atoms with E-state index in [4.69, 9.17) is 26.2 Å². The van der Waals surface area contributed by atoms with Crippen LogP contribution in [0, 0.1) is 5.92 Å². The fourth-order valence-electron chi connectivity index (χ4n) is 5.02. The average molecular weight is 505 g/mol. The fraction of sp³-hybridized carbons (Fsp3) is 0.321. The van der Waals surface area contributed by atoms with Crippen molar-refractivity contribution in [2.75, 3.05) is 14.2 Å². The van der Waals surface area contributed by atoms with E-state index in [1.54, 1.807) is 30.1 Å². The molecule has 0 saturated heterocycles. The van der Waals surface area contributed by atoms with Crippen molar-refractivity contribution in [3.8, 4) is 11.5 Å². The summed E-state index contributed by atoms with van der Waals surface area (Å²) in [5.41, 5.74) is 4.41. The largest absolute Gasteiger partial charge is 0.497 e. The molecule has 2 aliphatic rings. The molecule has 1 fully saturated rings. The van der Waals surface area contributed by atoms with E-state index in [9.17, 15) is 4.79 Å². The quantitative estimate of drug-likeness (QED) is 0.412. The average Bonchev–Trinajstić information content (AvgIpc) is 3.50. The van der Waals surface area contributed by atoms with Gasteiger partial charge in [0.25, 0.3) is 5.91 Å². The molecule has 0 bridgehead atoms. The summed E-state index contributed by atoms with van der Waals surface area (Å²) in [5, 5.41) is 11.3. The van der Waals surface area contributed by atoms with Crippen LogP contribution in [-0.4, -0.2) is 40.6 Å². The zero-order chi connectivity index (χ0) is 25.2. The van der Waals surface area contributed by atoms with E-state index in [-0.39, 0.29) is 23.6 Å². The number of hydrogen-bond acceptors (Lipinski definition) is 5. The maximum Gasteiger partial charge on any atom is 0.296 e. The third-order valence-corrected chi connectivity index (χ3v) is 7.14. The first-order valence-corrected chi connectivity index (χ1v) is 12.5. The molecule has 1 amide bonds. The second-order valence-electron chi connectivity index (χ2n) is 8.98. The maximum atomic E-state index is 13.8. The standard InChI is InChI=1S/C28H29ClN4O3/c1-4-32-17-24(29)26(30-32)28(34)33-27(19-10-14-22(36-3)15-11-19)23-7-5-6-20(25(23)31-33)16-18-8-12-21(35-2)13-9-18/h8-17,23,27H,4-7H2,1-3H3/b20-16+/t23-,27-/m1/s1. The van der Waals surface area contributed by atoms with Gasteiger partial charge in [-0.2, -0.15) is 10.2 Å². The summed E-state index contributed by atoms with van der Waals surface area (Å²) in [4.78, 5) is 13.8. The lowest BCUT2D eigenvalue weighted by atomic mass is 9.77. The zero-order valence-corrected chi connectivity index (χ0v) is 21.4. The van der Waals surface area contributed by atoms with Crippen LogP contribution in [0.3, 0.4) is 0 Å². The number of allylic oxidation sites excluding steroid dienone is 1. The third kappa shape index (κ3) is 4.51. The summed E-state index contributed by atoms with van der Waals surface area (Å²) in [6.45, 7) is 2.58. The molecule has 36 heavy (non-hydrogen) atoms. The lowest BCUT2D eigenvalue weighted by molar-refractivity contribution is 0.0674. The Morgan fingerprint density at radius 3 is 2.36 bits per heavy atom. The van der Waals surface area contributed by atoms with E-state index < -0.39 is 0 Å². The molecular weight excluding hydrogens is 476 g/mol. The van der Waals surface area contributed by atoms with E-state index in [0.29, 0.717) is 11.6 Å². The number of nitrogens with zero attached hydrogens (tertiary/aromatic N) is 4. The van der Waals surface area contributed by atoms with E-state index in [0.717, 1.165) is 53.2 Å². The van der Waals surface area contributed by atoms with Crippen molar-refractivity contribution in [3.63, 3.8) is 0 Å². The molecular formula is C28H29ClN4O3. The van der Waals surface area contributed by atoms with Crippen LogP contribution in [0.2, 0.25) is 5.02 Å². The molecule has 2 atom stereocenters. The molecule has 1 aliphatic heterocycles. The highest BCUT2D eigenvalue weighted by molar-refractivity contribution is 6.33. The Kier molecular flexibility index (Phi) is 6.83. The van der Waals surface area contributed by atoms with Crippen LogP contribution in [0.15, 0.2) is 65.4 Å². The molecule has 5 rings (SSSR count). The number of carbonyl (C=O) groups excluding carboxylic acids is 1. The molecule has 8 heteroatoms. The van der Waals surface area contributed by atoms with E-state index in [1.165, 1.54) is 0 Å². The first-order chi connectivity index (χ1) is 17.5. The predicted molar refractivity (Wildman–Crippen MR) is 141 cm³/mol. The summed E-state index contributed by atoms with van der Waals surface area (Å²) in [5.74, 6) is 1.37. The monoisotopic (exact) mass is 504 g/mol. The molecule has 186 valence electrons. The van der Waals surface area contributed by atoms with E-state index in [1.807, 2.05) is 55.5 Å². The zero-order valence-electron chi connectivity index (χ0n) is 20.6. The Hall–Kier alpha value is -3.58. The smallest absolute Gasteiger partial charge is 0.296 e. The topological polar surface area (TPSA) is 69.0 Å². The van der Waals surface area contributed by atoms with Gasteiger partial charge < -0.3 is 9.47 Å². The molecule has 1 aromatic heterocycles. The van der Waals surface area contributed by atoms with Crippen molar-refractivity contribution in [1.82, 2.24) is 14.8 Å². The number of carbonyl (C=O) groups is 1. The summed E-state index contributed by atoms with van der Waals surface area (Å²) >= 11 is 6.43. The van der Waals surface area contributed by atoms with Crippen molar-refractivity contribution in [2.24, 2.45) is 11.0 Å². The number of aryl methyl sites for hydroxylation is 1. The van der Waals surface area contributed by atoms with E-state index >= 15 is 0 Å². The Morgan fingerprint density at radius 1 is 1.08 bits per heavy atom. The van der Waals surface area contributed by atoms with Gasteiger partial charge in [0.15, 0.2) is 5.69 Å². The number of ether oxygens (including phenoxy) is 2. The lowest BCUT2D eigenvalue weighted by Gasteiger charge is -2.29. The second-order valence-corrected chi connectivity index (χ2v) is 9.38. The van der Waals surface area contributed by atoms with Crippen LogP contribution in [0.25, 0.3) is 6.08 Å². The maximum absolute atomic E-state index is 13.8. The third-order valence-electron chi connectivity index (χ3n) is 6.87. The number of halogens is 1. The van der Waals surface area contributed by atoms with Crippen LogP contribution in [0.4, 0.5) is 0 Å². The first kappa shape index (κ1) is 24.1. The Labute approximate surface area is 216 Å². The minimum absolute atomic E-state index is 0.0765. The Bertz CT molecular complexity index is 1310. The van der Waals surface area contributed by atoms with Gasteiger partial charge >= 0.3 is 0 Å². The SMILES string of the molecule is CCn1cc(Cl)c(C(=O)N2N=C3/C(=C/c4ccc(OC)cc4)CCC[C@H]3[C@H]2c2ccc(OC)cc2)n1. The van der Waals surface area contributed by atoms with Crippen LogP contribution >= 0.6 is 11.6 Å². The second kappa shape index (κ2) is 10.2. The summed E-state index contributed by atoms with van der Waals surface area (Å²) < 4.78 is 12.3. The highest BCUT2D eigenvalue weighted by Gasteiger charge is 2.44. The number of methoxy groups -OCH3 is 2. The normalized spacial score (nSPS) is 20.3. The van der Waals surface area contributed by atoms with Gasteiger partial charge in [0.05, 0.1) is 31.0 Å². The molecule has 3 aromatic rings. The van der Waals surface area contributed by atoms with Crippen molar-refractivity contribution in [2.45, 2.75) is 38.8 Å². The Balaban J connectivity index is 1.56. The van der Waals surface area contributed by atoms with Gasteiger partial charge in [-0.3, -0.25) is 9.48 Å². The van der Waals surface area contributed by atoms with Gasteiger partial charge in [0.2, 0.25) is 0 Å². The highest BCUT2D eigenvalue weighted by Crippen LogP contribution is 2.45. The van der Waals surface area contributed by atoms with Crippen LogP contribution in [0.5, 0.6) is 11.5 Å². The number of hydrazone groups is 1. The first-order valence-electron chi connectivity index (χ1n) is 12.2. The summed E-state index contributed by atoms with van der Waals surface area (Å²) in [6.07, 6.45) is 6.72. The number of rotatable bonds is 6. The number of aromatic nitrogens is 2. The molecule has 1 saturated carbocycles. The van der Waals surface area contributed by atoms with Crippen LogP contribution in [-0.2, 0) is 6.54 Å². The van der Waals surface area contributed by atoms with Crippen molar-refractivity contribution < 1.29 is 14.3 Å². The minimum atomic E-state index is -0.293. The molecule has 0 radical (unpaired) electrons. The number of hydrogen-bond donors (Lipinski definition) is 0. The molecule has 1 aliphatic carbocycles. The van der Waals surface area contributed by atoms with Crippen molar-refractivity contribution in [3.05, 3.63) is 82.1 Å². The molecule has 2 heterocycles. The van der Waals surface area contributed by atoms with Gasteiger partial charge in [0, 0.05) is 18.7 Å². The van der Waals surface area contributed by atoms with Gasteiger partial charge in [-0.1, -0.05) is 35.9 Å². The van der Waals surface area contributed by atoms with Gasteiger partial charge in [-0.25, -0.2) is 5.01 Å². The van der Waals surface area contributed by atoms with Gasteiger partial charge in [0.1, 0.15) is 11.5 Å². The fourth-order valence-corrected chi connectivity index (χ4v) is 5.25. The van der Waals surface area contributed by atoms with Crippen LogP contribution in [0.1, 0.15) is 53.8 Å². The number of fused-ring (bicyclic) bond motifs is 1. The molecule has 0 spiro atoms. The predicted octanol–water partition coefficient (Wildman–Crippen LogP) is 6.01. The minimum Gasteiger partial charge on any atom is -0.497 e. The molecule has 7 nitrogen and oxygen atoms in total. The number of benzene rings is 2. The summed E-state index contributed by atoms with van der Waals surface area (Å²) in [6, 6.07) is 15.6. The number of amides is 1. The Morgan fingerprint density at radius 2 is 1.75 bits per heavy atom. The molecule has 0 N–H and O–H groups in total. The van der Waals surface area contributed by atoms with Gasteiger partial charge in [-0.05, 0) is 73.2 Å². The van der Waals surface area contributed by atoms with E-state index in [2.05, 4.69) is 11.2 Å². The van der Waals surface area contributed by atoms with Crippen molar-refractivity contribution >= 4 is 29.3 Å². The summed E-state index contributed by atoms with van der Waals surface area (Å²) in [7, 11) is 3.30.